The summed E-state index contributed by atoms with van der Waals surface area (Å²) in [5, 5.41) is 11.1. The van der Waals surface area contributed by atoms with Crippen LogP contribution < -0.4 is 10.5 Å². The fourth-order valence-electron chi connectivity index (χ4n) is 2.88. The number of carbonyl (C=O) groups is 1. The highest BCUT2D eigenvalue weighted by Gasteiger charge is 2.19. The van der Waals surface area contributed by atoms with Crippen molar-refractivity contribution in [3.63, 3.8) is 0 Å². The normalized spacial score (nSPS) is 11.6. The van der Waals surface area contributed by atoms with E-state index in [2.05, 4.69) is 9.97 Å². The van der Waals surface area contributed by atoms with Gasteiger partial charge in [0.05, 0.1) is 19.7 Å². The maximum absolute atomic E-state index is 12.4. The maximum atomic E-state index is 12.4. The molecule has 2 aromatic carbocycles. The molecular formula is C21H20N4O3. The number of ether oxygens (including phenoxy) is 2. The van der Waals surface area contributed by atoms with Crippen LogP contribution in [0, 0.1) is 11.3 Å². The Bertz CT molecular complexity index is 1060. The van der Waals surface area contributed by atoms with Crippen LogP contribution in [0.3, 0.4) is 0 Å². The second-order valence-corrected chi connectivity index (χ2v) is 6.25. The molecule has 0 saturated heterocycles. The van der Waals surface area contributed by atoms with E-state index in [0.29, 0.717) is 12.1 Å². The van der Waals surface area contributed by atoms with Crippen molar-refractivity contribution in [2.24, 2.45) is 0 Å². The molecule has 142 valence electrons. The van der Waals surface area contributed by atoms with Crippen molar-refractivity contribution in [3.8, 4) is 11.8 Å². The van der Waals surface area contributed by atoms with E-state index in [1.807, 2.05) is 49.4 Å². The standard InChI is InChI=1S/C21H20N4O3/c1-3-19(18-12-24-21(23)17(11-22)25-18)28-20(26)9-13-4-5-15-10-16(27-2)7-6-14(15)8-13/h4-8,10,12,19H,3,9H2,1-2H3,(H2,23,24). The van der Waals surface area contributed by atoms with Gasteiger partial charge in [-0.25, -0.2) is 9.97 Å². The van der Waals surface area contributed by atoms with Gasteiger partial charge < -0.3 is 15.2 Å². The number of esters is 1. The Hall–Kier alpha value is -3.66. The van der Waals surface area contributed by atoms with Crippen molar-refractivity contribution in [3.05, 3.63) is 59.5 Å². The van der Waals surface area contributed by atoms with Gasteiger partial charge in [0, 0.05) is 0 Å². The largest absolute Gasteiger partial charge is 0.497 e. The molecule has 0 saturated carbocycles. The van der Waals surface area contributed by atoms with Crippen molar-refractivity contribution >= 4 is 22.6 Å². The molecule has 1 aromatic heterocycles. The van der Waals surface area contributed by atoms with Crippen LogP contribution >= 0.6 is 0 Å². The lowest BCUT2D eigenvalue weighted by Crippen LogP contribution is -2.15. The molecule has 2 N–H and O–H groups in total. The highest BCUT2D eigenvalue weighted by Crippen LogP contribution is 2.24. The molecule has 0 aliphatic rings. The number of fused-ring (bicyclic) bond motifs is 1. The lowest BCUT2D eigenvalue weighted by Gasteiger charge is -2.16. The van der Waals surface area contributed by atoms with Crippen LogP contribution in [-0.2, 0) is 16.0 Å². The molecule has 1 unspecified atom stereocenters. The Morgan fingerprint density at radius 1 is 1.25 bits per heavy atom. The van der Waals surface area contributed by atoms with E-state index in [9.17, 15) is 4.79 Å². The Kier molecular flexibility index (Phi) is 5.70. The molecule has 0 fully saturated rings. The third-order valence-electron chi connectivity index (χ3n) is 4.36. The fourth-order valence-corrected chi connectivity index (χ4v) is 2.88. The van der Waals surface area contributed by atoms with Crippen molar-refractivity contribution in [1.29, 1.82) is 5.26 Å². The topological polar surface area (TPSA) is 111 Å². The summed E-state index contributed by atoms with van der Waals surface area (Å²) >= 11 is 0. The second kappa shape index (κ2) is 8.35. The lowest BCUT2D eigenvalue weighted by atomic mass is 10.0. The third-order valence-corrected chi connectivity index (χ3v) is 4.36. The molecule has 28 heavy (non-hydrogen) atoms. The minimum Gasteiger partial charge on any atom is -0.497 e. The van der Waals surface area contributed by atoms with E-state index >= 15 is 0 Å². The molecule has 0 bridgehead atoms. The summed E-state index contributed by atoms with van der Waals surface area (Å²) in [7, 11) is 1.63. The van der Waals surface area contributed by atoms with E-state index < -0.39 is 6.10 Å². The number of nitrogens with zero attached hydrogens (tertiary/aromatic N) is 3. The molecule has 3 aromatic rings. The van der Waals surface area contributed by atoms with Crippen LogP contribution in [0.2, 0.25) is 0 Å². The molecule has 7 nitrogen and oxygen atoms in total. The molecule has 1 atom stereocenters. The monoisotopic (exact) mass is 376 g/mol. The Labute approximate surface area is 162 Å². The maximum Gasteiger partial charge on any atom is 0.310 e. The smallest absolute Gasteiger partial charge is 0.310 e. The number of benzene rings is 2. The molecular weight excluding hydrogens is 356 g/mol. The molecule has 0 aliphatic heterocycles. The van der Waals surface area contributed by atoms with Crippen LogP contribution in [0.1, 0.15) is 36.4 Å². The highest BCUT2D eigenvalue weighted by atomic mass is 16.5. The third kappa shape index (κ3) is 4.18. The molecule has 0 radical (unpaired) electrons. The van der Waals surface area contributed by atoms with Gasteiger partial charge in [0.15, 0.2) is 11.5 Å². The number of hydrogen-bond acceptors (Lipinski definition) is 7. The van der Waals surface area contributed by atoms with E-state index in [4.69, 9.17) is 20.5 Å². The summed E-state index contributed by atoms with van der Waals surface area (Å²) < 4.78 is 10.8. The number of rotatable bonds is 6. The minimum atomic E-state index is -0.586. The Morgan fingerprint density at radius 2 is 2.00 bits per heavy atom. The van der Waals surface area contributed by atoms with Crippen molar-refractivity contribution in [1.82, 2.24) is 9.97 Å². The summed E-state index contributed by atoms with van der Waals surface area (Å²) in [6.07, 6.45) is 1.48. The van der Waals surface area contributed by atoms with E-state index in [-0.39, 0.29) is 23.9 Å². The van der Waals surface area contributed by atoms with Crippen molar-refractivity contribution in [2.75, 3.05) is 12.8 Å². The summed E-state index contributed by atoms with van der Waals surface area (Å²) in [5.41, 5.74) is 6.88. The van der Waals surface area contributed by atoms with Crippen LogP contribution in [0.15, 0.2) is 42.6 Å². The number of carbonyl (C=O) groups excluding carboxylic acids is 1. The van der Waals surface area contributed by atoms with Crippen molar-refractivity contribution in [2.45, 2.75) is 25.9 Å². The quantitative estimate of drug-likeness (QED) is 0.657. The van der Waals surface area contributed by atoms with Gasteiger partial charge in [-0.1, -0.05) is 31.2 Å². The van der Waals surface area contributed by atoms with Gasteiger partial charge in [0.2, 0.25) is 0 Å². The zero-order chi connectivity index (χ0) is 20.1. The Morgan fingerprint density at radius 3 is 2.71 bits per heavy atom. The number of aromatic nitrogens is 2. The van der Waals surface area contributed by atoms with Gasteiger partial charge in [-0.2, -0.15) is 5.26 Å². The van der Waals surface area contributed by atoms with Crippen LogP contribution in [0.5, 0.6) is 5.75 Å². The number of anilines is 1. The molecule has 1 heterocycles. The van der Waals surface area contributed by atoms with E-state index in [0.717, 1.165) is 22.1 Å². The SMILES string of the molecule is CCC(OC(=O)Cc1ccc2cc(OC)ccc2c1)c1cnc(N)c(C#N)n1. The van der Waals surface area contributed by atoms with Crippen molar-refractivity contribution < 1.29 is 14.3 Å². The number of hydrogen-bond donors (Lipinski definition) is 1. The number of nitrogen functional groups attached to an aromatic ring is 1. The Balaban J connectivity index is 1.73. The van der Waals surface area contributed by atoms with Gasteiger partial charge in [-0.3, -0.25) is 4.79 Å². The number of methoxy groups -OCH3 is 1. The summed E-state index contributed by atoms with van der Waals surface area (Å²) in [5.74, 6) is 0.462. The lowest BCUT2D eigenvalue weighted by molar-refractivity contribution is -0.149. The van der Waals surface area contributed by atoms with Gasteiger partial charge in [-0.05, 0) is 34.9 Å². The first kappa shape index (κ1) is 19.1. The number of nitriles is 1. The number of nitrogens with two attached hydrogens (primary N) is 1. The first-order valence-electron chi connectivity index (χ1n) is 8.82. The molecule has 0 aliphatic carbocycles. The molecule has 7 heteroatoms. The molecule has 0 spiro atoms. The summed E-state index contributed by atoms with van der Waals surface area (Å²) in [6, 6.07) is 13.4. The van der Waals surface area contributed by atoms with Gasteiger partial charge >= 0.3 is 5.97 Å². The van der Waals surface area contributed by atoms with Crippen LogP contribution in [0.25, 0.3) is 10.8 Å². The first-order valence-corrected chi connectivity index (χ1v) is 8.82. The van der Waals surface area contributed by atoms with E-state index in [1.54, 1.807) is 7.11 Å². The summed E-state index contributed by atoms with van der Waals surface area (Å²) in [4.78, 5) is 20.5. The van der Waals surface area contributed by atoms with E-state index in [1.165, 1.54) is 6.20 Å². The predicted octanol–water partition coefficient (Wildman–Crippen LogP) is 3.33. The molecule has 3 rings (SSSR count). The predicted molar refractivity (Wildman–Crippen MR) is 104 cm³/mol. The average Bonchev–Trinajstić information content (AvgIpc) is 2.72. The van der Waals surface area contributed by atoms with Gasteiger partial charge in [-0.15, -0.1) is 0 Å². The highest BCUT2D eigenvalue weighted by molar-refractivity contribution is 5.85. The van der Waals surface area contributed by atoms with Gasteiger partial charge in [0.25, 0.3) is 0 Å². The summed E-state index contributed by atoms with van der Waals surface area (Å²) in [6.45, 7) is 1.87. The van der Waals surface area contributed by atoms with Crippen LogP contribution in [-0.4, -0.2) is 23.0 Å². The van der Waals surface area contributed by atoms with Gasteiger partial charge in [0.1, 0.15) is 23.6 Å². The zero-order valence-electron chi connectivity index (χ0n) is 15.7. The second-order valence-electron chi connectivity index (χ2n) is 6.25. The first-order chi connectivity index (χ1) is 13.5. The zero-order valence-corrected chi connectivity index (χ0v) is 15.7. The van der Waals surface area contributed by atoms with Crippen LogP contribution in [0.4, 0.5) is 5.82 Å². The average molecular weight is 376 g/mol. The molecule has 0 amide bonds. The fraction of sp³-hybridized carbons (Fsp3) is 0.238. The minimum absolute atomic E-state index is 0.0250.